The van der Waals surface area contributed by atoms with Crippen molar-refractivity contribution in [2.45, 2.75) is 32.8 Å². The van der Waals surface area contributed by atoms with Gasteiger partial charge in [0.05, 0.1) is 0 Å². The number of rotatable bonds is 3. The summed E-state index contributed by atoms with van der Waals surface area (Å²) < 4.78 is 5.27. The zero-order valence-corrected chi connectivity index (χ0v) is 13.4. The Balaban J connectivity index is 1.99. The van der Waals surface area contributed by atoms with Gasteiger partial charge in [0.25, 0.3) is 5.91 Å². The van der Waals surface area contributed by atoms with E-state index in [0.717, 1.165) is 25.9 Å². The molecule has 1 amide bonds. The van der Waals surface area contributed by atoms with Crippen molar-refractivity contribution in [2.75, 3.05) is 13.1 Å². The summed E-state index contributed by atoms with van der Waals surface area (Å²) in [5.41, 5.74) is 1.50. The molecule has 1 atom stereocenters. The molecule has 0 saturated carbocycles. The van der Waals surface area contributed by atoms with E-state index in [0.29, 0.717) is 22.7 Å². The molecular formula is C17H21N3O3. The molecule has 6 nitrogen and oxygen atoms in total. The first-order valence-corrected chi connectivity index (χ1v) is 7.95. The maximum Gasteiger partial charge on any atom is 0.259 e. The Bertz CT molecular complexity index is 674. The predicted octanol–water partition coefficient (Wildman–Crippen LogP) is 2.66. The fourth-order valence-electron chi connectivity index (χ4n) is 2.86. The van der Waals surface area contributed by atoms with E-state index in [9.17, 15) is 9.90 Å². The summed E-state index contributed by atoms with van der Waals surface area (Å²) in [5, 5.41) is 13.9. The van der Waals surface area contributed by atoms with Crippen molar-refractivity contribution in [3.63, 3.8) is 0 Å². The number of likely N-dealkylation sites (tertiary alicyclic amines) is 1. The van der Waals surface area contributed by atoms with Gasteiger partial charge in [-0.3, -0.25) is 9.78 Å². The summed E-state index contributed by atoms with van der Waals surface area (Å²) in [6.45, 7) is 5.21. The van der Waals surface area contributed by atoms with Crippen LogP contribution in [0.4, 0.5) is 0 Å². The van der Waals surface area contributed by atoms with Gasteiger partial charge in [0, 0.05) is 31.0 Å². The van der Waals surface area contributed by atoms with Gasteiger partial charge in [-0.1, -0.05) is 12.1 Å². The number of aliphatic hydroxyl groups excluding tert-OH is 1. The van der Waals surface area contributed by atoms with Gasteiger partial charge in [-0.05, 0) is 37.8 Å². The van der Waals surface area contributed by atoms with Crippen LogP contribution in [0.5, 0.6) is 0 Å². The van der Waals surface area contributed by atoms with E-state index in [2.05, 4.69) is 17.1 Å². The van der Waals surface area contributed by atoms with E-state index in [1.54, 1.807) is 25.4 Å². The number of hydrogen-bond donors (Lipinski definition) is 1. The van der Waals surface area contributed by atoms with E-state index in [-0.39, 0.29) is 11.7 Å². The highest BCUT2D eigenvalue weighted by Gasteiger charge is 2.31. The second-order valence-electron chi connectivity index (χ2n) is 6.16. The number of carbonyl (C=O) groups excluding carboxylic acids is 1. The second-order valence-corrected chi connectivity index (χ2v) is 6.16. The molecule has 122 valence electrons. The summed E-state index contributed by atoms with van der Waals surface area (Å²) in [7, 11) is 0. The van der Waals surface area contributed by atoms with Gasteiger partial charge in [-0.2, -0.15) is 0 Å². The molecule has 2 aromatic heterocycles. The van der Waals surface area contributed by atoms with Crippen LogP contribution < -0.4 is 0 Å². The molecule has 2 aromatic rings. The topological polar surface area (TPSA) is 79.5 Å². The highest BCUT2D eigenvalue weighted by atomic mass is 16.5. The molecular weight excluding hydrogens is 294 g/mol. The molecule has 1 saturated heterocycles. The zero-order chi connectivity index (χ0) is 16.4. The lowest BCUT2D eigenvalue weighted by atomic mass is 9.97. The van der Waals surface area contributed by atoms with Crippen molar-refractivity contribution in [1.82, 2.24) is 15.0 Å². The third kappa shape index (κ3) is 3.12. The van der Waals surface area contributed by atoms with Crippen LogP contribution in [0, 0.1) is 5.92 Å². The van der Waals surface area contributed by atoms with Gasteiger partial charge in [0.2, 0.25) is 0 Å². The quantitative estimate of drug-likeness (QED) is 0.942. The summed E-state index contributed by atoms with van der Waals surface area (Å²) in [6.07, 6.45) is 4.38. The fraction of sp³-hybridized carbons (Fsp3) is 0.471. The van der Waals surface area contributed by atoms with Crippen molar-refractivity contribution >= 4 is 5.91 Å². The average molecular weight is 315 g/mol. The lowest BCUT2D eigenvalue weighted by Gasteiger charge is -2.30. The fourth-order valence-corrected chi connectivity index (χ4v) is 2.86. The minimum atomic E-state index is -0.893. The van der Waals surface area contributed by atoms with Crippen molar-refractivity contribution in [3.8, 4) is 11.3 Å². The largest absolute Gasteiger partial charge is 0.385 e. The molecule has 1 aliphatic heterocycles. The first-order chi connectivity index (χ1) is 11.1. The highest BCUT2D eigenvalue weighted by molar-refractivity contribution is 6.01. The van der Waals surface area contributed by atoms with E-state index >= 15 is 0 Å². The summed E-state index contributed by atoms with van der Waals surface area (Å²) in [4.78, 5) is 18.9. The number of aromatic nitrogens is 2. The molecule has 1 unspecified atom stereocenters. The van der Waals surface area contributed by atoms with E-state index < -0.39 is 6.10 Å². The van der Waals surface area contributed by atoms with Crippen LogP contribution in [0.25, 0.3) is 11.3 Å². The van der Waals surface area contributed by atoms with Gasteiger partial charge in [0.1, 0.15) is 17.4 Å². The Labute approximate surface area is 135 Å². The number of carbonyl (C=O) groups is 1. The first kappa shape index (κ1) is 15.7. The Kier molecular flexibility index (Phi) is 4.43. The van der Waals surface area contributed by atoms with Crippen LogP contribution in [-0.2, 0) is 0 Å². The SMILES string of the molecule is CC1CCN(C(=O)c2c(-c3cccnc3)noc2C(C)O)CC1. The van der Waals surface area contributed by atoms with Crippen LogP contribution >= 0.6 is 0 Å². The zero-order valence-electron chi connectivity index (χ0n) is 13.4. The Hall–Kier alpha value is -2.21. The van der Waals surface area contributed by atoms with Crippen LogP contribution in [0.2, 0.25) is 0 Å². The monoisotopic (exact) mass is 315 g/mol. The van der Waals surface area contributed by atoms with Crippen LogP contribution in [0.1, 0.15) is 48.9 Å². The summed E-state index contributed by atoms with van der Waals surface area (Å²) in [6, 6.07) is 3.61. The molecule has 1 fully saturated rings. The molecule has 0 aromatic carbocycles. The van der Waals surface area contributed by atoms with Crippen LogP contribution in [0.15, 0.2) is 29.0 Å². The van der Waals surface area contributed by atoms with Gasteiger partial charge in [-0.25, -0.2) is 0 Å². The molecule has 0 bridgehead atoms. The number of nitrogens with zero attached hydrogens (tertiary/aromatic N) is 3. The Morgan fingerprint density at radius 3 is 2.78 bits per heavy atom. The van der Waals surface area contributed by atoms with E-state index in [4.69, 9.17) is 4.52 Å². The molecule has 3 rings (SSSR count). The Morgan fingerprint density at radius 1 is 1.43 bits per heavy atom. The van der Waals surface area contributed by atoms with Gasteiger partial charge in [-0.15, -0.1) is 0 Å². The molecule has 6 heteroatoms. The normalized spacial score (nSPS) is 17.3. The second kappa shape index (κ2) is 6.50. The predicted molar refractivity (Wildman–Crippen MR) is 84.7 cm³/mol. The van der Waals surface area contributed by atoms with Crippen LogP contribution in [0.3, 0.4) is 0 Å². The molecule has 3 heterocycles. The van der Waals surface area contributed by atoms with Crippen LogP contribution in [-0.4, -0.2) is 39.1 Å². The van der Waals surface area contributed by atoms with Gasteiger partial charge >= 0.3 is 0 Å². The average Bonchev–Trinajstić information content (AvgIpc) is 3.01. The lowest BCUT2D eigenvalue weighted by molar-refractivity contribution is 0.0686. The van der Waals surface area contributed by atoms with Crippen molar-refractivity contribution in [3.05, 3.63) is 35.9 Å². The maximum absolute atomic E-state index is 13.0. The number of piperidine rings is 1. The number of amides is 1. The molecule has 0 aliphatic carbocycles. The molecule has 0 spiro atoms. The maximum atomic E-state index is 13.0. The van der Waals surface area contributed by atoms with Crippen molar-refractivity contribution in [2.24, 2.45) is 5.92 Å². The lowest BCUT2D eigenvalue weighted by Crippen LogP contribution is -2.38. The van der Waals surface area contributed by atoms with Crippen molar-refractivity contribution in [1.29, 1.82) is 0 Å². The molecule has 0 radical (unpaired) electrons. The summed E-state index contributed by atoms with van der Waals surface area (Å²) in [5.74, 6) is 0.718. The standard InChI is InChI=1S/C17H21N3O3/c1-11-5-8-20(9-6-11)17(22)14-15(13-4-3-7-18-10-13)19-23-16(14)12(2)21/h3-4,7,10-12,21H,5-6,8-9H2,1-2H3. The first-order valence-electron chi connectivity index (χ1n) is 7.95. The minimum absolute atomic E-state index is 0.132. The minimum Gasteiger partial charge on any atom is -0.385 e. The smallest absolute Gasteiger partial charge is 0.259 e. The number of hydrogen-bond acceptors (Lipinski definition) is 5. The number of pyridine rings is 1. The molecule has 1 N–H and O–H groups in total. The third-order valence-electron chi connectivity index (χ3n) is 4.32. The van der Waals surface area contributed by atoms with E-state index in [1.165, 1.54) is 0 Å². The Morgan fingerprint density at radius 2 is 2.17 bits per heavy atom. The van der Waals surface area contributed by atoms with Gasteiger partial charge in [0.15, 0.2) is 5.76 Å². The van der Waals surface area contributed by atoms with Gasteiger partial charge < -0.3 is 14.5 Å². The van der Waals surface area contributed by atoms with E-state index in [1.807, 2.05) is 11.0 Å². The number of aliphatic hydroxyl groups is 1. The third-order valence-corrected chi connectivity index (χ3v) is 4.32. The van der Waals surface area contributed by atoms with Crippen molar-refractivity contribution < 1.29 is 14.4 Å². The molecule has 23 heavy (non-hydrogen) atoms. The highest BCUT2D eigenvalue weighted by Crippen LogP contribution is 2.31. The summed E-state index contributed by atoms with van der Waals surface area (Å²) >= 11 is 0. The molecule has 1 aliphatic rings.